The third kappa shape index (κ3) is 4.51. The fourth-order valence-corrected chi connectivity index (χ4v) is 2.17. The summed E-state index contributed by atoms with van der Waals surface area (Å²) in [5.74, 6) is 0. The van der Waals surface area contributed by atoms with Crippen molar-refractivity contribution >= 4 is 28.7 Å². The van der Waals surface area contributed by atoms with Crippen LogP contribution in [0.5, 0.6) is 0 Å². The number of thiocarbonyl (C=S) groups is 1. The van der Waals surface area contributed by atoms with Crippen LogP contribution in [0.1, 0.15) is 6.92 Å². The Hall–Kier alpha value is -1.59. The van der Waals surface area contributed by atoms with Crippen molar-refractivity contribution in [3.8, 4) is 0 Å². The molecule has 0 radical (unpaired) electrons. The van der Waals surface area contributed by atoms with E-state index >= 15 is 0 Å². The molecular formula is C15H21N3OS. The zero-order valence-corrected chi connectivity index (χ0v) is 12.6. The van der Waals surface area contributed by atoms with Crippen LogP contribution in [0.2, 0.25) is 0 Å². The minimum absolute atomic E-state index is 0.618. The summed E-state index contributed by atoms with van der Waals surface area (Å²) in [6.45, 7) is 9.99. The highest BCUT2D eigenvalue weighted by Crippen LogP contribution is 2.18. The molecule has 108 valence electrons. The summed E-state index contributed by atoms with van der Waals surface area (Å²) in [6.07, 6.45) is 0. The number of hydrogen-bond acceptors (Lipinski definition) is 3. The Bertz CT molecular complexity index is 467. The molecule has 1 aliphatic heterocycles. The molecule has 2 rings (SSSR count). The fraction of sp³-hybridized carbons (Fsp3) is 0.400. The van der Waals surface area contributed by atoms with Crippen LogP contribution in [0, 0.1) is 0 Å². The van der Waals surface area contributed by atoms with Crippen molar-refractivity contribution < 1.29 is 4.74 Å². The first-order valence-electron chi connectivity index (χ1n) is 6.77. The Morgan fingerprint density at radius 1 is 1.30 bits per heavy atom. The van der Waals surface area contributed by atoms with Crippen molar-refractivity contribution in [3.63, 3.8) is 0 Å². The quantitative estimate of drug-likeness (QED) is 0.658. The molecule has 0 spiro atoms. The third-order valence-electron chi connectivity index (χ3n) is 3.05. The molecule has 0 unspecified atom stereocenters. The molecular weight excluding hydrogens is 270 g/mol. The van der Waals surface area contributed by atoms with Gasteiger partial charge < -0.3 is 20.3 Å². The van der Waals surface area contributed by atoms with Crippen molar-refractivity contribution in [2.75, 3.05) is 43.1 Å². The van der Waals surface area contributed by atoms with Gasteiger partial charge in [0.2, 0.25) is 0 Å². The number of nitrogens with one attached hydrogen (secondary N) is 2. The number of morpholine rings is 1. The van der Waals surface area contributed by atoms with E-state index in [-0.39, 0.29) is 0 Å². The van der Waals surface area contributed by atoms with Gasteiger partial charge in [-0.1, -0.05) is 12.2 Å². The Labute approximate surface area is 125 Å². The molecule has 0 aromatic heterocycles. The normalized spacial score (nSPS) is 14.8. The molecule has 0 aliphatic carbocycles. The molecule has 1 heterocycles. The van der Waals surface area contributed by atoms with E-state index in [9.17, 15) is 0 Å². The highest BCUT2D eigenvalue weighted by Gasteiger charge is 2.10. The molecule has 1 aliphatic rings. The lowest BCUT2D eigenvalue weighted by molar-refractivity contribution is 0.122. The minimum atomic E-state index is 0.618. The molecule has 0 saturated carbocycles. The van der Waals surface area contributed by atoms with Gasteiger partial charge in [0, 0.05) is 31.0 Å². The SMILES string of the molecule is C=C(C)CNC(=S)Nc1ccc(N2CCOCC2)cc1. The molecule has 4 nitrogen and oxygen atoms in total. The standard InChI is InChI=1S/C15H21N3OS/c1-12(2)11-16-15(20)17-13-3-5-14(6-4-13)18-7-9-19-10-8-18/h3-6H,1,7-11H2,2H3,(H2,16,17,20). The number of nitrogens with zero attached hydrogens (tertiary/aromatic N) is 1. The Kier molecular flexibility index (Phi) is 5.38. The average Bonchev–Trinajstić information content (AvgIpc) is 2.47. The Morgan fingerprint density at radius 2 is 1.95 bits per heavy atom. The van der Waals surface area contributed by atoms with E-state index in [1.54, 1.807) is 0 Å². The molecule has 1 aromatic rings. The van der Waals surface area contributed by atoms with Gasteiger partial charge >= 0.3 is 0 Å². The second-order valence-electron chi connectivity index (χ2n) is 4.91. The first kappa shape index (κ1) is 14.8. The molecule has 1 saturated heterocycles. The lowest BCUT2D eigenvalue weighted by atomic mass is 10.2. The van der Waals surface area contributed by atoms with Gasteiger partial charge in [-0.05, 0) is 43.4 Å². The predicted molar refractivity (Wildman–Crippen MR) is 88.5 cm³/mol. The average molecular weight is 291 g/mol. The van der Waals surface area contributed by atoms with E-state index < -0.39 is 0 Å². The van der Waals surface area contributed by atoms with E-state index in [0.29, 0.717) is 11.7 Å². The summed E-state index contributed by atoms with van der Waals surface area (Å²) >= 11 is 5.22. The zero-order chi connectivity index (χ0) is 14.4. The van der Waals surface area contributed by atoms with E-state index in [1.807, 2.05) is 19.1 Å². The molecule has 2 N–H and O–H groups in total. The number of anilines is 2. The zero-order valence-electron chi connectivity index (χ0n) is 11.8. The van der Waals surface area contributed by atoms with Gasteiger partial charge in [0.25, 0.3) is 0 Å². The Balaban J connectivity index is 1.87. The van der Waals surface area contributed by atoms with Crippen LogP contribution < -0.4 is 15.5 Å². The van der Waals surface area contributed by atoms with Crippen LogP contribution in [-0.2, 0) is 4.74 Å². The second kappa shape index (κ2) is 7.26. The molecule has 1 aromatic carbocycles. The van der Waals surface area contributed by atoms with Crippen LogP contribution in [-0.4, -0.2) is 38.0 Å². The first-order chi connectivity index (χ1) is 9.65. The van der Waals surface area contributed by atoms with E-state index in [2.05, 4.69) is 34.2 Å². The van der Waals surface area contributed by atoms with Gasteiger partial charge in [0.05, 0.1) is 13.2 Å². The van der Waals surface area contributed by atoms with Gasteiger partial charge in [-0.15, -0.1) is 0 Å². The van der Waals surface area contributed by atoms with Gasteiger partial charge in [-0.3, -0.25) is 0 Å². The lowest BCUT2D eigenvalue weighted by Crippen LogP contribution is -2.36. The largest absolute Gasteiger partial charge is 0.378 e. The smallest absolute Gasteiger partial charge is 0.171 e. The monoisotopic (exact) mass is 291 g/mol. The van der Waals surface area contributed by atoms with Crippen LogP contribution in [0.15, 0.2) is 36.4 Å². The van der Waals surface area contributed by atoms with E-state index in [1.165, 1.54) is 5.69 Å². The summed E-state index contributed by atoms with van der Waals surface area (Å²) in [5.41, 5.74) is 3.26. The van der Waals surface area contributed by atoms with E-state index in [0.717, 1.165) is 37.6 Å². The van der Waals surface area contributed by atoms with Crippen LogP contribution in [0.25, 0.3) is 0 Å². The van der Waals surface area contributed by atoms with Gasteiger partial charge in [-0.2, -0.15) is 0 Å². The highest BCUT2D eigenvalue weighted by atomic mass is 32.1. The second-order valence-corrected chi connectivity index (χ2v) is 5.32. The van der Waals surface area contributed by atoms with Crippen molar-refractivity contribution in [2.24, 2.45) is 0 Å². The van der Waals surface area contributed by atoms with Gasteiger partial charge in [0.1, 0.15) is 0 Å². The fourth-order valence-electron chi connectivity index (χ4n) is 1.98. The summed E-state index contributed by atoms with van der Waals surface area (Å²) in [4.78, 5) is 2.32. The predicted octanol–water partition coefficient (Wildman–Crippen LogP) is 2.39. The molecule has 0 atom stereocenters. The number of rotatable bonds is 4. The summed E-state index contributed by atoms with van der Waals surface area (Å²) in [6, 6.07) is 8.29. The van der Waals surface area contributed by atoms with Crippen LogP contribution in [0.3, 0.4) is 0 Å². The summed E-state index contributed by atoms with van der Waals surface area (Å²) in [5, 5.41) is 6.88. The summed E-state index contributed by atoms with van der Waals surface area (Å²) in [7, 11) is 0. The highest BCUT2D eigenvalue weighted by molar-refractivity contribution is 7.80. The van der Waals surface area contributed by atoms with Crippen molar-refractivity contribution in [3.05, 3.63) is 36.4 Å². The number of ether oxygens (including phenoxy) is 1. The van der Waals surface area contributed by atoms with Crippen molar-refractivity contribution in [2.45, 2.75) is 6.92 Å². The topological polar surface area (TPSA) is 36.5 Å². The third-order valence-corrected chi connectivity index (χ3v) is 3.30. The minimum Gasteiger partial charge on any atom is -0.378 e. The first-order valence-corrected chi connectivity index (χ1v) is 7.18. The van der Waals surface area contributed by atoms with Crippen LogP contribution in [0.4, 0.5) is 11.4 Å². The Morgan fingerprint density at radius 3 is 2.55 bits per heavy atom. The number of benzene rings is 1. The summed E-state index contributed by atoms with van der Waals surface area (Å²) < 4.78 is 5.36. The molecule has 0 bridgehead atoms. The van der Waals surface area contributed by atoms with Gasteiger partial charge in [0.15, 0.2) is 5.11 Å². The lowest BCUT2D eigenvalue weighted by Gasteiger charge is -2.29. The maximum Gasteiger partial charge on any atom is 0.171 e. The van der Waals surface area contributed by atoms with Crippen molar-refractivity contribution in [1.29, 1.82) is 0 Å². The maximum absolute atomic E-state index is 5.36. The molecule has 0 amide bonds. The van der Waals surface area contributed by atoms with Crippen LogP contribution >= 0.6 is 12.2 Å². The van der Waals surface area contributed by atoms with Gasteiger partial charge in [-0.25, -0.2) is 0 Å². The molecule has 20 heavy (non-hydrogen) atoms. The maximum atomic E-state index is 5.36. The molecule has 1 fully saturated rings. The molecule has 5 heteroatoms. The number of hydrogen-bond donors (Lipinski definition) is 2. The van der Waals surface area contributed by atoms with Crippen molar-refractivity contribution in [1.82, 2.24) is 5.32 Å². The van der Waals surface area contributed by atoms with E-state index in [4.69, 9.17) is 17.0 Å².